The molecule has 3 nitrogen and oxygen atoms in total. The third-order valence-corrected chi connectivity index (χ3v) is 4.45. The van der Waals surface area contributed by atoms with Crippen molar-refractivity contribution in [2.75, 3.05) is 18.6 Å². The van der Waals surface area contributed by atoms with Crippen LogP contribution in [0.1, 0.15) is 31.1 Å². The molecule has 0 aliphatic rings. The van der Waals surface area contributed by atoms with Crippen LogP contribution in [0.25, 0.3) is 0 Å². The molecule has 0 amide bonds. The number of carbonyl (C=O) groups excluding carboxylic acids is 1. The Bertz CT molecular complexity index is 447. The SMILES string of the molecule is C[S@@](=O)c1ccc(C(=O)OCCSC(C)(C)C)cc1. The van der Waals surface area contributed by atoms with Crippen molar-refractivity contribution in [3.8, 4) is 0 Å². The molecule has 0 radical (unpaired) electrons. The third kappa shape index (κ3) is 6.25. The summed E-state index contributed by atoms with van der Waals surface area (Å²) >= 11 is 1.76. The summed E-state index contributed by atoms with van der Waals surface area (Å²) in [6, 6.07) is 6.68. The Hall–Kier alpha value is -0.810. The molecule has 0 unspecified atom stereocenters. The minimum absolute atomic E-state index is 0.180. The van der Waals surface area contributed by atoms with E-state index >= 15 is 0 Å². The fraction of sp³-hybridized carbons (Fsp3) is 0.500. The van der Waals surface area contributed by atoms with Crippen molar-refractivity contribution in [2.24, 2.45) is 0 Å². The van der Waals surface area contributed by atoms with Crippen LogP contribution in [0.2, 0.25) is 0 Å². The lowest BCUT2D eigenvalue weighted by molar-refractivity contribution is 0.0530. The van der Waals surface area contributed by atoms with E-state index in [1.165, 1.54) is 0 Å². The van der Waals surface area contributed by atoms with Crippen LogP contribution in [0.15, 0.2) is 29.2 Å². The topological polar surface area (TPSA) is 43.4 Å². The first-order valence-electron chi connectivity index (χ1n) is 6.04. The Kier molecular flexibility index (Phi) is 6.07. The van der Waals surface area contributed by atoms with Gasteiger partial charge < -0.3 is 4.74 Å². The van der Waals surface area contributed by atoms with Gasteiger partial charge in [0.1, 0.15) is 6.61 Å². The summed E-state index contributed by atoms with van der Waals surface area (Å²) in [5, 5.41) is 0. The Morgan fingerprint density at radius 3 is 2.32 bits per heavy atom. The second-order valence-electron chi connectivity index (χ2n) is 5.08. The molecule has 0 saturated carbocycles. The van der Waals surface area contributed by atoms with Gasteiger partial charge in [-0.2, -0.15) is 11.8 Å². The molecule has 5 heteroatoms. The summed E-state index contributed by atoms with van der Waals surface area (Å²) in [5.74, 6) is 0.453. The van der Waals surface area contributed by atoms with Gasteiger partial charge in [-0.3, -0.25) is 4.21 Å². The van der Waals surface area contributed by atoms with Gasteiger partial charge in [0.05, 0.1) is 5.56 Å². The Labute approximate surface area is 121 Å². The van der Waals surface area contributed by atoms with Crippen LogP contribution in [0, 0.1) is 0 Å². The predicted molar refractivity (Wildman–Crippen MR) is 81.3 cm³/mol. The van der Waals surface area contributed by atoms with Gasteiger partial charge in [0.25, 0.3) is 0 Å². The molecule has 1 rings (SSSR count). The molecule has 0 heterocycles. The highest BCUT2D eigenvalue weighted by molar-refractivity contribution is 8.00. The van der Waals surface area contributed by atoms with Gasteiger partial charge in [0.15, 0.2) is 0 Å². The Morgan fingerprint density at radius 1 is 1.26 bits per heavy atom. The van der Waals surface area contributed by atoms with E-state index in [1.807, 2.05) is 0 Å². The lowest BCUT2D eigenvalue weighted by Gasteiger charge is -2.17. The molecule has 0 fully saturated rings. The van der Waals surface area contributed by atoms with Crippen LogP contribution < -0.4 is 0 Å². The first-order valence-corrected chi connectivity index (χ1v) is 8.58. The van der Waals surface area contributed by atoms with Crippen LogP contribution in [0.5, 0.6) is 0 Å². The molecule has 0 spiro atoms. The van der Waals surface area contributed by atoms with Crippen LogP contribution in [-0.4, -0.2) is 33.5 Å². The molecule has 0 saturated heterocycles. The van der Waals surface area contributed by atoms with E-state index in [1.54, 1.807) is 42.3 Å². The number of hydrogen-bond donors (Lipinski definition) is 0. The van der Waals surface area contributed by atoms with Crippen molar-refractivity contribution in [2.45, 2.75) is 30.4 Å². The van der Waals surface area contributed by atoms with Gasteiger partial charge in [0, 0.05) is 32.5 Å². The van der Waals surface area contributed by atoms with Crippen molar-refractivity contribution >= 4 is 28.5 Å². The van der Waals surface area contributed by atoms with Crippen molar-refractivity contribution in [3.05, 3.63) is 29.8 Å². The maximum Gasteiger partial charge on any atom is 0.338 e. The van der Waals surface area contributed by atoms with E-state index in [0.717, 1.165) is 5.75 Å². The predicted octanol–water partition coefficient (Wildman–Crippen LogP) is 3.11. The lowest BCUT2D eigenvalue weighted by Crippen LogP contribution is -2.13. The summed E-state index contributed by atoms with van der Waals surface area (Å²) in [5.41, 5.74) is 0.495. The zero-order valence-electron chi connectivity index (χ0n) is 11.8. The number of thioether (sulfide) groups is 1. The fourth-order valence-corrected chi connectivity index (χ4v) is 2.65. The quantitative estimate of drug-likeness (QED) is 0.619. The monoisotopic (exact) mass is 300 g/mol. The van der Waals surface area contributed by atoms with E-state index in [0.29, 0.717) is 17.1 Å². The van der Waals surface area contributed by atoms with Crippen LogP contribution in [-0.2, 0) is 15.5 Å². The van der Waals surface area contributed by atoms with E-state index in [-0.39, 0.29) is 10.7 Å². The largest absolute Gasteiger partial charge is 0.461 e. The normalized spacial score (nSPS) is 13.1. The van der Waals surface area contributed by atoms with E-state index in [4.69, 9.17) is 4.74 Å². The van der Waals surface area contributed by atoms with Crippen LogP contribution in [0.4, 0.5) is 0 Å². The zero-order chi connectivity index (χ0) is 14.5. The third-order valence-electron chi connectivity index (χ3n) is 2.27. The van der Waals surface area contributed by atoms with Crippen molar-refractivity contribution in [3.63, 3.8) is 0 Å². The molecular weight excluding hydrogens is 280 g/mol. The number of ether oxygens (including phenoxy) is 1. The molecule has 0 aromatic heterocycles. The van der Waals surface area contributed by atoms with Crippen molar-refractivity contribution in [1.29, 1.82) is 0 Å². The molecule has 1 aromatic rings. The van der Waals surface area contributed by atoms with Crippen molar-refractivity contribution in [1.82, 2.24) is 0 Å². The highest BCUT2D eigenvalue weighted by Crippen LogP contribution is 2.22. The molecule has 0 N–H and O–H groups in total. The number of benzene rings is 1. The molecule has 0 aliphatic carbocycles. The zero-order valence-corrected chi connectivity index (χ0v) is 13.4. The van der Waals surface area contributed by atoms with Crippen LogP contribution in [0.3, 0.4) is 0 Å². The maximum atomic E-state index is 11.7. The average molecular weight is 300 g/mol. The number of esters is 1. The van der Waals surface area contributed by atoms with E-state index < -0.39 is 10.8 Å². The maximum absolute atomic E-state index is 11.7. The van der Waals surface area contributed by atoms with Gasteiger partial charge in [-0.1, -0.05) is 20.8 Å². The second kappa shape index (κ2) is 7.10. The van der Waals surface area contributed by atoms with Gasteiger partial charge in [-0.25, -0.2) is 4.79 Å². The Morgan fingerprint density at radius 2 is 1.84 bits per heavy atom. The first-order chi connectivity index (χ1) is 8.79. The summed E-state index contributed by atoms with van der Waals surface area (Å²) in [6.45, 7) is 6.79. The number of hydrogen-bond acceptors (Lipinski definition) is 4. The summed E-state index contributed by atoms with van der Waals surface area (Å²) in [7, 11) is -1.02. The highest BCUT2D eigenvalue weighted by Gasteiger charge is 2.11. The fourth-order valence-electron chi connectivity index (χ4n) is 1.35. The molecule has 0 aliphatic heterocycles. The lowest BCUT2D eigenvalue weighted by atomic mass is 10.2. The number of carbonyl (C=O) groups is 1. The van der Waals surface area contributed by atoms with E-state index in [2.05, 4.69) is 20.8 Å². The Balaban J connectivity index is 2.43. The smallest absolute Gasteiger partial charge is 0.338 e. The van der Waals surface area contributed by atoms with Gasteiger partial charge in [-0.05, 0) is 24.3 Å². The molecule has 1 atom stereocenters. The molecule has 1 aromatic carbocycles. The molecular formula is C14H20O3S2. The standard InChI is InChI=1S/C14H20O3S2/c1-14(2,3)18-10-9-17-13(15)11-5-7-12(8-6-11)19(4)16/h5-8H,9-10H2,1-4H3/t19-/m1/s1. The van der Waals surface area contributed by atoms with Gasteiger partial charge >= 0.3 is 5.97 Å². The van der Waals surface area contributed by atoms with Crippen molar-refractivity contribution < 1.29 is 13.7 Å². The summed E-state index contributed by atoms with van der Waals surface area (Å²) in [4.78, 5) is 12.5. The summed E-state index contributed by atoms with van der Waals surface area (Å²) < 4.78 is 16.6. The molecule has 0 bridgehead atoms. The average Bonchev–Trinajstić information content (AvgIpc) is 2.33. The minimum atomic E-state index is -1.02. The van der Waals surface area contributed by atoms with Gasteiger partial charge in [0.2, 0.25) is 0 Å². The second-order valence-corrected chi connectivity index (χ2v) is 8.38. The van der Waals surface area contributed by atoms with Crippen LogP contribution >= 0.6 is 11.8 Å². The minimum Gasteiger partial charge on any atom is -0.461 e. The highest BCUT2D eigenvalue weighted by atomic mass is 32.2. The van der Waals surface area contributed by atoms with E-state index in [9.17, 15) is 9.00 Å². The number of rotatable bonds is 5. The molecule has 19 heavy (non-hydrogen) atoms. The van der Waals surface area contributed by atoms with Gasteiger partial charge in [-0.15, -0.1) is 0 Å². The molecule has 106 valence electrons. The first kappa shape index (κ1) is 16.2. The summed E-state index contributed by atoms with van der Waals surface area (Å²) in [6.07, 6.45) is 1.61.